The standard InChI is InChI=1S/C46H28N4OS/c1-3-9-29(10-4-1)31-15-19-33(20-16-31)43-48-44(34-21-17-32(18-22-34)30-11-5-2-6-12-30)50-45(49-43)35-23-25-36(26-24-35)46-47-39-27-38-37-13-7-8-14-41(37)52-42(38)28-40(39)51-46/h1-28H. The molecule has 0 atom stereocenters. The molecule has 0 spiro atoms. The zero-order valence-electron chi connectivity index (χ0n) is 27.8. The lowest BCUT2D eigenvalue weighted by Gasteiger charge is -2.10. The average Bonchev–Trinajstić information content (AvgIpc) is 3.81. The van der Waals surface area contributed by atoms with Crippen LogP contribution in [-0.4, -0.2) is 19.9 Å². The van der Waals surface area contributed by atoms with E-state index in [1.807, 2.05) is 36.4 Å². The molecular formula is C46H28N4OS. The summed E-state index contributed by atoms with van der Waals surface area (Å²) in [6.45, 7) is 0. The minimum Gasteiger partial charge on any atom is -0.436 e. The number of hydrogen-bond acceptors (Lipinski definition) is 6. The lowest BCUT2D eigenvalue weighted by molar-refractivity contribution is 0.620. The molecule has 0 bridgehead atoms. The number of oxazole rings is 1. The van der Waals surface area contributed by atoms with Crippen molar-refractivity contribution in [2.45, 2.75) is 0 Å². The molecule has 244 valence electrons. The second-order valence-electron chi connectivity index (χ2n) is 12.7. The van der Waals surface area contributed by atoms with Gasteiger partial charge in [0, 0.05) is 48.5 Å². The van der Waals surface area contributed by atoms with Gasteiger partial charge in [-0.1, -0.05) is 140 Å². The van der Waals surface area contributed by atoms with E-state index in [0.29, 0.717) is 23.4 Å². The zero-order valence-corrected chi connectivity index (χ0v) is 28.6. The summed E-state index contributed by atoms with van der Waals surface area (Å²) in [7, 11) is 0. The van der Waals surface area contributed by atoms with Crippen LogP contribution in [0.2, 0.25) is 0 Å². The number of benzene rings is 7. The molecule has 10 rings (SSSR count). The third kappa shape index (κ3) is 5.52. The number of thiophene rings is 1. The van der Waals surface area contributed by atoms with Crippen LogP contribution in [-0.2, 0) is 0 Å². The van der Waals surface area contributed by atoms with Gasteiger partial charge in [-0.15, -0.1) is 11.3 Å². The predicted molar refractivity (Wildman–Crippen MR) is 213 cm³/mol. The van der Waals surface area contributed by atoms with Crippen molar-refractivity contribution in [1.29, 1.82) is 0 Å². The first kappa shape index (κ1) is 30.1. The van der Waals surface area contributed by atoms with Gasteiger partial charge >= 0.3 is 0 Å². The average molecular weight is 685 g/mol. The molecule has 0 aliphatic rings. The maximum atomic E-state index is 6.30. The van der Waals surface area contributed by atoms with Crippen molar-refractivity contribution in [3.8, 4) is 67.9 Å². The van der Waals surface area contributed by atoms with Gasteiger partial charge in [0.2, 0.25) is 5.89 Å². The van der Waals surface area contributed by atoms with E-state index < -0.39 is 0 Å². The van der Waals surface area contributed by atoms with Gasteiger partial charge in [-0.25, -0.2) is 19.9 Å². The van der Waals surface area contributed by atoms with Gasteiger partial charge in [0.05, 0.1) is 0 Å². The number of hydrogen-bond donors (Lipinski definition) is 0. The Morgan fingerprint density at radius 2 is 0.788 bits per heavy atom. The van der Waals surface area contributed by atoms with E-state index in [4.69, 9.17) is 24.4 Å². The highest BCUT2D eigenvalue weighted by Gasteiger charge is 2.16. The van der Waals surface area contributed by atoms with Crippen LogP contribution in [0.3, 0.4) is 0 Å². The van der Waals surface area contributed by atoms with Gasteiger partial charge < -0.3 is 4.42 Å². The van der Waals surface area contributed by atoms with Gasteiger partial charge in [0.25, 0.3) is 0 Å². The lowest BCUT2D eigenvalue weighted by atomic mass is 10.0. The van der Waals surface area contributed by atoms with Crippen LogP contribution in [0.1, 0.15) is 0 Å². The number of rotatable bonds is 6. The smallest absolute Gasteiger partial charge is 0.227 e. The summed E-state index contributed by atoms with van der Waals surface area (Å²) in [6, 6.07) is 58.3. The minimum absolute atomic E-state index is 0.581. The van der Waals surface area contributed by atoms with Gasteiger partial charge in [0.15, 0.2) is 23.1 Å². The summed E-state index contributed by atoms with van der Waals surface area (Å²) >= 11 is 1.77. The minimum atomic E-state index is 0.581. The SMILES string of the molecule is c1ccc(-c2ccc(-c3nc(-c4ccc(-c5ccccc5)cc4)nc(-c4ccc(-c5nc6cc7c(cc6o5)sc5ccccc57)cc4)n3)cc2)cc1. The fourth-order valence-electron chi connectivity index (χ4n) is 6.68. The molecule has 0 N–H and O–H groups in total. The third-order valence-corrected chi connectivity index (χ3v) is 10.5. The van der Waals surface area contributed by atoms with Crippen LogP contribution in [0.4, 0.5) is 0 Å². The lowest BCUT2D eigenvalue weighted by Crippen LogP contribution is -2.00. The fraction of sp³-hybridized carbons (Fsp3) is 0. The van der Waals surface area contributed by atoms with Crippen molar-refractivity contribution in [1.82, 2.24) is 19.9 Å². The van der Waals surface area contributed by atoms with E-state index in [1.165, 1.54) is 20.2 Å². The summed E-state index contributed by atoms with van der Waals surface area (Å²) in [6.07, 6.45) is 0. The number of aromatic nitrogens is 4. The summed E-state index contributed by atoms with van der Waals surface area (Å²) in [4.78, 5) is 19.9. The van der Waals surface area contributed by atoms with E-state index in [0.717, 1.165) is 55.6 Å². The van der Waals surface area contributed by atoms with Crippen molar-refractivity contribution < 1.29 is 4.42 Å². The van der Waals surface area contributed by atoms with E-state index in [-0.39, 0.29) is 0 Å². The molecule has 0 amide bonds. The number of nitrogens with zero attached hydrogens (tertiary/aromatic N) is 4. The van der Waals surface area contributed by atoms with Crippen LogP contribution >= 0.6 is 11.3 Å². The summed E-state index contributed by atoms with van der Waals surface area (Å²) in [5.74, 6) is 2.40. The first-order chi connectivity index (χ1) is 25.7. The molecule has 0 aliphatic heterocycles. The van der Waals surface area contributed by atoms with E-state index in [2.05, 4.69) is 133 Å². The fourth-order valence-corrected chi connectivity index (χ4v) is 7.80. The Morgan fingerprint density at radius 3 is 1.33 bits per heavy atom. The first-order valence-corrected chi connectivity index (χ1v) is 17.9. The Hall–Kier alpha value is -6.76. The molecule has 0 radical (unpaired) electrons. The van der Waals surface area contributed by atoms with Crippen LogP contribution in [0.15, 0.2) is 174 Å². The van der Waals surface area contributed by atoms with Crippen LogP contribution < -0.4 is 0 Å². The molecular weight excluding hydrogens is 657 g/mol. The molecule has 7 aromatic carbocycles. The third-order valence-electron chi connectivity index (χ3n) is 9.41. The van der Waals surface area contributed by atoms with Gasteiger partial charge in [0.1, 0.15) is 5.52 Å². The topological polar surface area (TPSA) is 64.7 Å². The van der Waals surface area contributed by atoms with Crippen molar-refractivity contribution in [3.05, 3.63) is 170 Å². The highest BCUT2D eigenvalue weighted by atomic mass is 32.1. The number of fused-ring (bicyclic) bond motifs is 4. The quantitative estimate of drug-likeness (QED) is 0.174. The van der Waals surface area contributed by atoms with Crippen LogP contribution in [0.5, 0.6) is 0 Å². The highest BCUT2D eigenvalue weighted by Crippen LogP contribution is 2.38. The molecule has 0 fully saturated rings. The van der Waals surface area contributed by atoms with Crippen LogP contribution in [0, 0.1) is 0 Å². The monoisotopic (exact) mass is 684 g/mol. The maximum Gasteiger partial charge on any atom is 0.227 e. The Bertz CT molecular complexity index is 2760. The van der Waals surface area contributed by atoms with Gasteiger partial charge in [-0.3, -0.25) is 0 Å². The Morgan fingerprint density at radius 1 is 0.346 bits per heavy atom. The normalized spacial score (nSPS) is 11.5. The zero-order chi connectivity index (χ0) is 34.4. The summed E-state index contributed by atoms with van der Waals surface area (Å²) in [5, 5.41) is 2.45. The van der Waals surface area contributed by atoms with Crippen molar-refractivity contribution in [2.75, 3.05) is 0 Å². The Balaban J connectivity index is 1.02. The Labute approximate surface area is 303 Å². The second kappa shape index (κ2) is 12.5. The molecule has 0 saturated heterocycles. The predicted octanol–water partition coefficient (Wildman–Crippen LogP) is 12.4. The van der Waals surface area contributed by atoms with E-state index in [1.54, 1.807) is 11.3 Å². The second-order valence-corrected chi connectivity index (χ2v) is 13.8. The summed E-state index contributed by atoms with van der Waals surface area (Å²) in [5.41, 5.74) is 9.82. The van der Waals surface area contributed by atoms with E-state index in [9.17, 15) is 0 Å². The molecule has 10 aromatic rings. The summed E-state index contributed by atoms with van der Waals surface area (Å²) < 4.78 is 8.75. The van der Waals surface area contributed by atoms with Crippen LogP contribution in [0.25, 0.3) is 99.1 Å². The molecule has 5 nitrogen and oxygen atoms in total. The molecule has 0 unspecified atom stereocenters. The highest BCUT2D eigenvalue weighted by molar-refractivity contribution is 7.25. The van der Waals surface area contributed by atoms with E-state index >= 15 is 0 Å². The van der Waals surface area contributed by atoms with Gasteiger partial charge in [-0.05, 0) is 46.5 Å². The molecule has 3 heterocycles. The first-order valence-electron chi connectivity index (χ1n) is 17.1. The van der Waals surface area contributed by atoms with Crippen molar-refractivity contribution in [2.24, 2.45) is 0 Å². The molecule has 3 aromatic heterocycles. The maximum absolute atomic E-state index is 6.30. The largest absolute Gasteiger partial charge is 0.436 e. The molecule has 0 aliphatic carbocycles. The molecule has 6 heteroatoms. The van der Waals surface area contributed by atoms with Gasteiger partial charge in [-0.2, -0.15) is 0 Å². The molecule has 0 saturated carbocycles. The Kier molecular flexibility index (Phi) is 7.25. The van der Waals surface area contributed by atoms with Crippen molar-refractivity contribution in [3.63, 3.8) is 0 Å². The van der Waals surface area contributed by atoms with Crippen molar-refractivity contribution >= 4 is 42.6 Å². The molecule has 52 heavy (non-hydrogen) atoms.